The molecule has 1 saturated heterocycles. The van der Waals surface area contributed by atoms with Crippen LogP contribution in [0.25, 0.3) is 0 Å². The molecular weight excluding hydrogens is 488 g/mol. The van der Waals surface area contributed by atoms with Gasteiger partial charge in [0.1, 0.15) is 0 Å². The number of alkyl halides is 6. The van der Waals surface area contributed by atoms with Gasteiger partial charge in [0.25, 0.3) is 5.91 Å². The van der Waals surface area contributed by atoms with Crippen LogP contribution < -0.4 is 10.6 Å². The van der Waals surface area contributed by atoms with Crippen LogP contribution in [0.1, 0.15) is 36.5 Å². The van der Waals surface area contributed by atoms with Gasteiger partial charge in [-0.2, -0.15) is 26.3 Å². The van der Waals surface area contributed by atoms with E-state index < -0.39 is 24.3 Å². The number of carboxylic acids is 2. The number of nitrogens with one attached hydrogen (secondary N) is 2. The van der Waals surface area contributed by atoms with E-state index in [-0.39, 0.29) is 5.91 Å². The highest BCUT2D eigenvalue weighted by atomic mass is 19.4. The van der Waals surface area contributed by atoms with E-state index in [0.717, 1.165) is 12.1 Å². The molecule has 0 bridgehead atoms. The van der Waals surface area contributed by atoms with Gasteiger partial charge in [-0.1, -0.05) is 25.1 Å². The number of amides is 1. The summed E-state index contributed by atoms with van der Waals surface area (Å²) in [7, 11) is 0. The first-order chi connectivity index (χ1) is 16.2. The van der Waals surface area contributed by atoms with E-state index in [1.165, 1.54) is 38.9 Å². The largest absolute Gasteiger partial charge is 0.490 e. The molecule has 1 aromatic rings. The second-order valence-corrected chi connectivity index (χ2v) is 7.30. The van der Waals surface area contributed by atoms with Gasteiger partial charge in [-0.25, -0.2) is 9.59 Å². The fourth-order valence-corrected chi connectivity index (χ4v) is 2.82. The molecule has 1 amide bonds. The van der Waals surface area contributed by atoms with E-state index in [9.17, 15) is 31.1 Å². The highest BCUT2D eigenvalue weighted by Crippen LogP contribution is 2.14. The molecule has 2 rings (SSSR count). The summed E-state index contributed by atoms with van der Waals surface area (Å²) in [6, 6.07) is 9.97. The van der Waals surface area contributed by atoms with Crippen LogP contribution in [0.4, 0.5) is 26.3 Å². The summed E-state index contributed by atoms with van der Waals surface area (Å²) in [5.74, 6) is -5.50. The minimum atomic E-state index is -5.08. The Morgan fingerprint density at radius 1 is 0.914 bits per heavy atom. The van der Waals surface area contributed by atoms with Crippen LogP contribution in [0.15, 0.2) is 30.3 Å². The summed E-state index contributed by atoms with van der Waals surface area (Å²) in [5.41, 5.74) is 0.727. The molecule has 0 aliphatic carbocycles. The van der Waals surface area contributed by atoms with E-state index in [1.807, 2.05) is 30.3 Å². The zero-order valence-electron chi connectivity index (χ0n) is 19.0. The van der Waals surface area contributed by atoms with Gasteiger partial charge in [0.05, 0.1) is 0 Å². The third-order valence-corrected chi connectivity index (χ3v) is 4.49. The summed E-state index contributed by atoms with van der Waals surface area (Å²) in [6.45, 7) is 7.38. The van der Waals surface area contributed by atoms with Gasteiger partial charge in [0, 0.05) is 24.7 Å². The maximum Gasteiger partial charge on any atom is 0.490 e. The van der Waals surface area contributed by atoms with Crippen molar-refractivity contribution in [1.29, 1.82) is 0 Å². The average molecular weight is 517 g/mol. The standard InChI is InChI=1S/C17H27N3O.2C2HF3O2/c1-2-12-20-13-8-16(9-14-20)18-10-11-19-17(21)15-6-4-3-5-7-15;2*3-2(4,5)1(6)7/h3-7,16,18H,2,8-14H2,1H3,(H,19,21);2*(H,6,7). The van der Waals surface area contributed by atoms with Crippen molar-refractivity contribution in [2.45, 2.75) is 44.6 Å². The molecule has 1 aliphatic rings. The maximum absolute atomic E-state index is 11.9. The van der Waals surface area contributed by atoms with Gasteiger partial charge in [-0.15, -0.1) is 0 Å². The molecule has 0 spiro atoms. The number of carboxylic acid groups (broad SMARTS) is 2. The van der Waals surface area contributed by atoms with Crippen molar-refractivity contribution in [1.82, 2.24) is 15.5 Å². The zero-order chi connectivity index (χ0) is 27.1. The molecular formula is C21H29F6N3O5. The summed E-state index contributed by atoms with van der Waals surface area (Å²) in [5, 5.41) is 20.8. The summed E-state index contributed by atoms with van der Waals surface area (Å²) >= 11 is 0. The second kappa shape index (κ2) is 15.9. The zero-order valence-corrected chi connectivity index (χ0v) is 19.0. The SMILES string of the molecule is CCCN1CCC(NCCNC(=O)c2ccccc2)CC1.O=C(O)C(F)(F)F.O=C(O)C(F)(F)F. The molecule has 1 aromatic carbocycles. The van der Waals surface area contributed by atoms with Gasteiger partial charge in [0.2, 0.25) is 0 Å². The number of piperidine rings is 1. The van der Waals surface area contributed by atoms with Crippen LogP contribution in [0, 0.1) is 0 Å². The fraction of sp³-hybridized carbons (Fsp3) is 0.571. The minimum absolute atomic E-state index is 0.00941. The van der Waals surface area contributed by atoms with E-state index in [1.54, 1.807) is 0 Å². The topological polar surface area (TPSA) is 119 Å². The predicted octanol–water partition coefficient (Wildman–Crippen LogP) is 3.15. The van der Waals surface area contributed by atoms with E-state index in [4.69, 9.17) is 19.8 Å². The number of hydrogen-bond donors (Lipinski definition) is 4. The molecule has 0 saturated carbocycles. The quantitative estimate of drug-likeness (QED) is 0.324. The number of hydrogen-bond acceptors (Lipinski definition) is 5. The van der Waals surface area contributed by atoms with Crippen molar-refractivity contribution in [2.24, 2.45) is 0 Å². The Bertz CT molecular complexity index is 743. The van der Waals surface area contributed by atoms with Crippen molar-refractivity contribution in [3.05, 3.63) is 35.9 Å². The van der Waals surface area contributed by atoms with Crippen molar-refractivity contribution in [3.8, 4) is 0 Å². The van der Waals surface area contributed by atoms with Crippen LogP contribution in [0.5, 0.6) is 0 Å². The molecule has 35 heavy (non-hydrogen) atoms. The normalized spacial score (nSPS) is 14.6. The molecule has 1 heterocycles. The number of aliphatic carboxylic acids is 2. The lowest BCUT2D eigenvalue weighted by Gasteiger charge is -2.32. The number of rotatable bonds is 7. The highest BCUT2D eigenvalue weighted by Gasteiger charge is 2.38. The molecule has 4 N–H and O–H groups in total. The van der Waals surface area contributed by atoms with Gasteiger partial charge in [-0.05, 0) is 51.0 Å². The lowest BCUT2D eigenvalue weighted by molar-refractivity contribution is -0.193. The molecule has 0 aromatic heterocycles. The Balaban J connectivity index is 0.000000680. The van der Waals surface area contributed by atoms with E-state index in [2.05, 4.69) is 22.5 Å². The molecule has 14 heteroatoms. The number of halogens is 6. The molecule has 0 radical (unpaired) electrons. The highest BCUT2D eigenvalue weighted by molar-refractivity contribution is 5.94. The van der Waals surface area contributed by atoms with E-state index >= 15 is 0 Å². The third kappa shape index (κ3) is 15.6. The summed E-state index contributed by atoms with van der Waals surface area (Å²) in [4.78, 5) is 32.2. The summed E-state index contributed by atoms with van der Waals surface area (Å²) < 4.78 is 63.5. The Labute approximate surface area is 198 Å². The number of benzene rings is 1. The van der Waals surface area contributed by atoms with Gasteiger partial charge in [0.15, 0.2) is 0 Å². The lowest BCUT2D eigenvalue weighted by Crippen LogP contribution is -2.44. The molecule has 1 aliphatic heterocycles. The molecule has 200 valence electrons. The Kier molecular flexibility index (Phi) is 14.6. The van der Waals surface area contributed by atoms with Gasteiger partial charge >= 0.3 is 24.3 Å². The first kappa shape index (κ1) is 32.1. The van der Waals surface area contributed by atoms with Gasteiger partial charge < -0.3 is 25.7 Å². The first-order valence-electron chi connectivity index (χ1n) is 10.6. The van der Waals surface area contributed by atoms with Crippen LogP contribution in [-0.2, 0) is 9.59 Å². The Morgan fingerprint density at radius 3 is 1.77 bits per heavy atom. The van der Waals surface area contributed by atoms with Crippen LogP contribution in [-0.4, -0.2) is 84.1 Å². The van der Waals surface area contributed by atoms with Crippen molar-refractivity contribution in [3.63, 3.8) is 0 Å². The average Bonchev–Trinajstić information content (AvgIpc) is 2.78. The number of nitrogens with zero attached hydrogens (tertiary/aromatic N) is 1. The van der Waals surface area contributed by atoms with Crippen LogP contribution >= 0.6 is 0 Å². The molecule has 0 unspecified atom stereocenters. The minimum Gasteiger partial charge on any atom is -0.475 e. The molecule has 0 atom stereocenters. The maximum atomic E-state index is 11.9. The first-order valence-corrected chi connectivity index (χ1v) is 10.6. The molecule has 8 nitrogen and oxygen atoms in total. The smallest absolute Gasteiger partial charge is 0.475 e. The Hall–Kier alpha value is -2.87. The van der Waals surface area contributed by atoms with Crippen LogP contribution in [0.2, 0.25) is 0 Å². The van der Waals surface area contributed by atoms with Crippen molar-refractivity contribution < 1.29 is 50.9 Å². The van der Waals surface area contributed by atoms with Crippen LogP contribution in [0.3, 0.4) is 0 Å². The lowest BCUT2D eigenvalue weighted by atomic mass is 10.0. The van der Waals surface area contributed by atoms with Gasteiger partial charge in [-0.3, -0.25) is 4.79 Å². The third-order valence-electron chi connectivity index (χ3n) is 4.49. The van der Waals surface area contributed by atoms with Crippen molar-refractivity contribution in [2.75, 3.05) is 32.7 Å². The number of carbonyl (C=O) groups is 3. The van der Waals surface area contributed by atoms with E-state index in [0.29, 0.717) is 12.6 Å². The second-order valence-electron chi connectivity index (χ2n) is 7.30. The summed E-state index contributed by atoms with van der Waals surface area (Å²) in [6.07, 6.45) is -6.50. The Morgan fingerprint density at radius 2 is 1.37 bits per heavy atom. The number of likely N-dealkylation sites (tertiary alicyclic amines) is 1. The fourth-order valence-electron chi connectivity index (χ4n) is 2.82. The molecule has 1 fully saturated rings. The monoisotopic (exact) mass is 517 g/mol. The number of carbonyl (C=O) groups excluding carboxylic acids is 1. The predicted molar refractivity (Wildman–Crippen MR) is 114 cm³/mol. The van der Waals surface area contributed by atoms with Crippen molar-refractivity contribution >= 4 is 17.8 Å².